The first kappa shape index (κ1) is 9.44. The minimum absolute atomic E-state index is 0.262. The lowest BCUT2D eigenvalue weighted by atomic mass is 10.1. The van der Waals surface area contributed by atoms with Gasteiger partial charge in [0.2, 0.25) is 5.91 Å². The number of nitrogens with zero attached hydrogens (tertiary/aromatic N) is 1. The molecule has 5 heteroatoms. The van der Waals surface area contributed by atoms with E-state index in [1.807, 2.05) is 0 Å². The highest BCUT2D eigenvalue weighted by molar-refractivity contribution is 5.82. The third-order valence-electron chi connectivity index (χ3n) is 2.18. The van der Waals surface area contributed by atoms with Crippen molar-refractivity contribution in [1.29, 1.82) is 0 Å². The monoisotopic (exact) mass is 174 g/mol. The molecule has 1 heterocycles. The van der Waals surface area contributed by atoms with Crippen LogP contribution in [0.3, 0.4) is 0 Å². The second-order valence-corrected chi connectivity index (χ2v) is 3.06. The molecular formula is C7H14N2O3. The summed E-state index contributed by atoms with van der Waals surface area (Å²) in [5, 5.41) is 21.0. The summed E-state index contributed by atoms with van der Waals surface area (Å²) in [4.78, 5) is 12.8. The standard InChI is InChI=1S/C7H14N2O3/c1-8-7(12)5-6(11)4(10)3-9(5)2/h4-6,10-11H,3H2,1-2H3,(H,8,12). The summed E-state index contributed by atoms with van der Waals surface area (Å²) in [5.74, 6) is -0.262. The van der Waals surface area contributed by atoms with Gasteiger partial charge in [0, 0.05) is 13.6 Å². The number of β-amino-alcohol motifs (C(OH)–C–C–N with tert-alkyl or cyclic N) is 1. The topological polar surface area (TPSA) is 72.8 Å². The van der Waals surface area contributed by atoms with Crippen LogP contribution < -0.4 is 5.32 Å². The fraction of sp³-hybridized carbons (Fsp3) is 0.857. The molecule has 0 aromatic carbocycles. The minimum atomic E-state index is -0.977. The smallest absolute Gasteiger partial charge is 0.239 e. The molecule has 1 saturated heterocycles. The molecule has 1 rings (SSSR count). The molecule has 12 heavy (non-hydrogen) atoms. The summed E-state index contributed by atoms with van der Waals surface area (Å²) >= 11 is 0. The van der Waals surface area contributed by atoms with Crippen LogP contribution in [0, 0.1) is 0 Å². The summed E-state index contributed by atoms with van der Waals surface area (Å²) in [6.07, 6.45) is -1.80. The molecule has 0 aromatic heterocycles. The summed E-state index contributed by atoms with van der Waals surface area (Å²) in [5.41, 5.74) is 0. The molecule has 0 radical (unpaired) electrons. The number of aliphatic hydroxyl groups excluding tert-OH is 2. The summed E-state index contributed by atoms with van der Waals surface area (Å²) < 4.78 is 0. The van der Waals surface area contributed by atoms with Crippen molar-refractivity contribution in [2.24, 2.45) is 0 Å². The number of aliphatic hydroxyl groups is 2. The number of nitrogens with one attached hydrogen (secondary N) is 1. The van der Waals surface area contributed by atoms with Gasteiger partial charge in [0.1, 0.15) is 12.1 Å². The van der Waals surface area contributed by atoms with Crippen LogP contribution in [-0.4, -0.2) is 59.9 Å². The van der Waals surface area contributed by atoms with E-state index in [-0.39, 0.29) is 5.91 Å². The number of amides is 1. The largest absolute Gasteiger partial charge is 0.389 e. The predicted octanol–water partition coefficient (Wildman–Crippen LogP) is -2.23. The lowest BCUT2D eigenvalue weighted by Crippen LogP contribution is -2.46. The molecule has 1 fully saturated rings. The Kier molecular flexibility index (Phi) is 2.66. The third kappa shape index (κ3) is 1.43. The average Bonchev–Trinajstić information content (AvgIpc) is 2.26. The van der Waals surface area contributed by atoms with Crippen molar-refractivity contribution in [1.82, 2.24) is 10.2 Å². The quantitative estimate of drug-likeness (QED) is 0.420. The number of carbonyl (C=O) groups is 1. The van der Waals surface area contributed by atoms with Crippen LogP contribution in [0.4, 0.5) is 0 Å². The summed E-state index contributed by atoms with van der Waals surface area (Å²) in [7, 11) is 3.20. The van der Waals surface area contributed by atoms with Crippen LogP contribution in [0.15, 0.2) is 0 Å². The Bertz CT molecular complexity index is 185. The Hall–Kier alpha value is -0.650. The third-order valence-corrected chi connectivity index (χ3v) is 2.18. The highest BCUT2D eigenvalue weighted by atomic mass is 16.3. The van der Waals surface area contributed by atoms with E-state index in [1.54, 1.807) is 11.9 Å². The van der Waals surface area contributed by atoms with E-state index in [0.29, 0.717) is 6.54 Å². The first-order chi connectivity index (χ1) is 5.57. The number of carbonyl (C=O) groups excluding carboxylic acids is 1. The molecule has 3 unspecified atom stereocenters. The normalized spacial score (nSPS) is 36.8. The van der Waals surface area contributed by atoms with E-state index < -0.39 is 18.2 Å². The lowest BCUT2D eigenvalue weighted by molar-refractivity contribution is -0.127. The Balaban J connectivity index is 2.69. The maximum atomic E-state index is 11.2. The van der Waals surface area contributed by atoms with Crippen molar-refractivity contribution in [3.8, 4) is 0 Å². The van der Waals surface area contributed by atoms with Crippen LogP contribution in [0.25, 0.3) is 0 Å². The Morgan fingerprint density at radius 3 is 2.50 bits per heavy atom. The van der Waals surface area contributed by atoms with Crippen molar-refractivity contribution < 1.29 is 15.0 Å². The zero-order valence-electron chi connectivity index (χ0n) is 7.19. The molecule has 0 spiro atoms. The van der Waals surface area contributed by atoms with Gasteiger partial charge < -0.3 is 15.5 Å². The lowest BCUT2D eigenvalue weighted by Gasteiger charge is -2.19. The van der Waals surface area contributed by atoms with Gasteiger partial charge in [-0.1, -0.05) is 0 Å². The first-order valence-corrected chi connectivity index (χ1v) is 3.86. The highest BCUT2D eigenvalue weighted by Crippen LogP contribution is 2.16. The van der Waals surface area contributed by atoms with Crippen molar-refractivity contribution in [2.75, 3.05) is 20.6 Å². The van der Waals surface area contributed by atoms with Gasteiger partial charge in [0.25, 0.3) is 0 Å². The van der Waals surface area contributed by atoms with E-state index in [2.05, 4.69) is 5.32 Å². The predicted molar refractivity (Wildman–Crippen MR) is 42.5 cm³/mol. The molecule has 5 nitrogen and oxygen atoms in total. The zero-order valence-corrected chi connectivity index (χ0v) is 7.19. The number of likely N-dealkylation sites (N-methyl/N-ethyl adjacent to an activating group) is 2. The SMILES string of the molecule is CNC(=O)C1C(O)C(O)CN1C. The number of likely N-dealkylation sites (tertiary alicyclic amines) is 1. The highest BCUT2D eigenvalue weighted by Gasteiger charge is 2.41. The molecule has 1 amide bonds. The van der Waals surface area contributed by atoms with Crippen LogP contribution in [-0.2, 0) is 4.79 Å². The van der Waals surface area contributed by atoms with Crippen molar-refractivity contribution in [3.63, 3.8) is 0 Å². The van der Waals surface area contributed by atoms with E-state index in [1.165, 1.54) is 7.05 Å². The van der Waals surface area contributed by atoms with Crippen LogP contribution >= 0.6 is 0 Å². The fourth-order valence-electron chi connectivity index (χ4n) is 1.49. The van der Waals surface area contributed by atoms with Crippen molar-refractivity contribution in [2.45, 2.75) is 18.2 Å². The van der Waals surface area contributed by atoms with Crippen LogP contribution in [0.2, 0.25) is 0 Å². The second-order valence-electron chi connectivity index (χ2n) is 3.06. The molecule has 3 N–H and O–H groups in total. The molecule has 1 aliphatic heterocycles. The molecule has 3 atom stereocenters. The van der Waals surface area contributed by atoms with Gasteiger partial charge in [-0.2, -0.15) is 0 Å². The number of hydrogen-bond acceptors (Lipinski definition) is 4. The van der Waals surface area contributed by atoms with Crippen LogP contribution in [0.1, 0.15) is 0 Å². The summed E-state index contributed by atoms with van der Waals surface area (Å²) in [6.45, 7) is 0.333. The van der Waals surface area contributed by atoms with E-state index in [0.717, 1.165) is 0 Å². The molecule has 0 aromatic rings. The van der Waals surface area contributed by atoms with E-state index in [4.69, 9.17) is 0 Å². The van der Waals surface area contributed by atoms with Gasteiger partial charge in [-0.25, -0.2) is 0 Å². The molecule has 1 aliphatic rings. The van der Waals surface area contributed by atoms with E-state index >= 15 is 0 Å². The molecular weight excluding hydrogens is 160 g/mol. The van der Waals surface area contributed by atoms with Crippen molar-refractivity contribution in [3.05, 3.63) is 0 Å². The Morgan fingerprint density at radius 2 is 2.17 bits per heavy atom. The molecule has 0 bridgehead atoms. The average molecular weight is 174 g/mol. The van der Waals surface area contributed by atoms with Gasteiger partial charge >= 0.3 is 0 Å². The maximum absolute atomic E-state index is 11.2. The minimum Gasteiger partial charge on any atom is -0.389 e. The molecule has 0 aliphatic carbocycles. The van der Waals surface area contributed by atoms with Gasteiger partial charge in [0.15, 0.2) is 0 Å². The van der Waals surface area contributed by atoms with Gasteiger partial charge in [0.05, 0.1) is 6.10 Å². The summed E-state index contributed by atoms with van der Waals surface area (Å²) in [6, 6.07) is -0.620. The fourth-order valence-corrected chi connectivity index (χ4v) is 1.49. The molecule has 0 saturated carbocycles. The zero-order chi connectivity index (χ0) is 9.30. The maximum Gasteiger partial charge on any atom is 0.239 e. The Morgan fingerprint density at radius 1 is 1.58 bits per heavy atom. The van der Waals surface area contributed by atoms with Gasteiger partial charge in [-0.3, -0.25) is 9.69 Å². The Labute approximate surface area is 71.0 Å². The van der Waals surface area contributed by atoms with E-state index in [9.17, 15) is 15.0 Å². The van der Waals surface area contributed by atoms with Gasteiger partial charge in [-0.15, -0.1) is 0 Å². The molecule has 70 valence electrons. The number of hydrogen-bond donors (Lipinski definition) is 3. The van der Waals surface area contributed by atoms with Gasteiger partial charge in [-0.05, 0) is 7.05 Å². The van der Waals surface area contributed by atoms with Crippen LogP contribution in [0.5, 0.6) is 0 Å². The second kappa shape index (κ2) is 3.38. The first-order valence-electron chi connectivity index (χ1n) is 3.86. The van der Waals surface area contributed by atoms with Crippen molar-refractivity contribution >= 4 is 5.91 Å². The number of rotatable bonds is 1.